The van der Waals surface area contributed by atoms with Crippen LogP contribution in [-0.4, -0.2) is 17.8 Å². The summed E-state index contributed by atoms with van der Waals surface area (Å²) in [5, 5.41) is 21.7. The molecule has 0 fully saturated rings. The van der Waals surface area contributed by atoms with E-state index in [0.29, 0.717) is 18.0 Å². The number of aliphatic hydroxyl groups is 1. The van der Waals surface area contributed by atoms with Crippen LogP contribution in [0.4, 0.5) is 5.69 Å². The van der Waals surface area contributed by atoms with Gasteiger partial charge in [0.25, 0.3) is 0 Å². The average Bonchev–Trinajstić information content (AvgIpc) is 2.24. The van der Waals surface area contributed by atoms with E-state index in [-0.39, 0.29) is 6.10 Å². The van der Waals surface area contributed by atoms with Crippen molar-refractivity contribution in [2.75, 3.05) is 11.9 Å². The molecule has 92 valence electrons. The first kappa shape index (κ1) is 14.0. The minimum absolute atomic E-state index is 0.362. The fraction of sp³-hybridized carbons (Fsp3) is 0.462. The Balaban J connectivity index is 2.57. The van der Waals surface area contributed by atoms with E-state index >= 15 is 0 Å². The summed E-state index contributed by atoms with van der Waals surface area (Å²) in [5.74, 6) is 0.476. The van der Waals surface area contributed by atoms with Crippen molar-refractivity contribution in [2.45, 2.75) is 26.4 Å². The summed E-state index contributed by atoms with van der Waals surface area (Å²) in [6.45, 7) is 4.66. The number of nitrogens with zero attached hydrogens (tertiary/aromatic N) is 1. The second-order valence-electron chi connectivity index (χ2n) is 4.50. The quantitative estimate of drug-likeness (QED) is 0.878. The van der Waals surface area contributed by atoms with E-state index in [4.69, 9.17) is 5.26 Å². The van der Waals surface area contributed by atoms with Crippen molar-refractivity contribution in [1.29, 1.82) is 5.26 Å². The summed E-state index contributed by atoms with van der Waals surface area (Å²) in [5.41, 5.74) is 1.44. The van der Waals surface area contributed by atoms with Crippen LogP contribution in [0.1, 0.15) is 25.8 Å². The van der Waals surface area contributed by atoms with Crippen LogP contribution in [0.3, 0.4) is 0 Å². The van der Waals surface area contributed by atoms with E-state index in [1.807, 2.05) is 6.07 Å². The summed E-state index contributed by atoms with van der Waals surface area (Å²) in [6.07, 6.45) is 0.408. The van der Waals surface area contributed by atoms with Gasteiger partial charge in [-0.2, -0.15) is 5.26 Å². The number of anilines is 1. The first-order valence-electron chi connectivity index (χ1n) is 5.64. The molecule has 0 spiro atoms. The third-order valence-corrected chi connectivity index (χ3v) is 2.77. The van der Waals surface area contributed by atoms with Crippen LogP contribution in [0.5, 0.6) is 0 Å². The molecule has 0 aliphatic heterocycles. The number of nitriles is 1. The van der Waals surface area contributed by atoms with Gasteiger partial charge in [0.15, 0.2) is 0 Å². The van der Waals surface area contributed by atoms with Crippen molar-refractivity contribution >= 4 is 21.6 Å². The fourth-order valence-electron chi connectivity index (χ4n) is 1.62. The zero-order valence-electron chi connectivity index (χ0n) is 10.1. The number of hydrogen-bond acceptors (Lipinski definition) is 3. The minimum atomic E-state index is -0.362. The highest BCUT2D eigenvalue weighted by molar-refractivity contribution is 9.10. The normalized spacial score (nSPS) is 12.2. The number of hydrogen-bond donors (Lipinski definition) is 2. The molecule has 2 N–H and O–H groups in total. The molecule has 0 aromatic heterocycles. The van der Waals surface area contributed by atoms with Gasteiger partial charge >= 0.3 is 0 Å². The molecule has 1 rings (SSSR count). The third-order valence-electron chi connectivity index (χ3n) is 2.31. The molecule has 1 atom stereocenters. The van der Waals surface area contributed by atoms with Crippen LogP contribution in [0.2, 0.25) is 0 Å². The Labute approximate surface area is 111 Å². The van der Waals surface area contributed by atoms with Gasteiger partial charge in [0.05, 0.1) is 17.7 Å². The van der Waals surface area contributed by atoms with Gasteiger partial charge in [0, 0.05) is 16.7 Å². The lowest BCUT2D eigenvalue weighted by molar-refractivity contribution is 0.161. The highest BCUT2D eigenvalue weighted by Crippen LogP contribution is 2.19. The molecule has 1 unspecified atom stereocenters. The van der Waals surface area contributed by atoms with Crippen molar-refractivity contribution in [3.63, 3.8) is 0 Å². The smallest absolute Gasteiger partial charge is 0.0992 e. The molecule has 0 saturated heterocycles. The molecule has 1 aromatic carbocycles. The lowest BCUT2D eigenvalue weighted by Gasteiger charge is -2.15. The predicted molar refractivity (Wildman–Crippen MR) is 72.8 cm³/mol. The van der Waals surface area contributed by atoms with Gasteiger partial charge < -0.3 is 10.4 Å². The summed E-state index contributed by atoms with van der Waals surface area (Å²) in [6, 6.07) is 7.52. The van der Waals surface area contributed by atoms with Crippen LogP contribution in [-0.2, 0) is 0 Å². The molecule has 0 bridgehead atoms. The van der Waals surface area contributed by atoms with Crippen LogP contribution in [0.15, 0.2) is 22.7 Å². The van der Waals surface area contributed by atoms with Crippen LogP contribution >= 0.6 is 15.9 Å². The molecule has 0 heterocycles. The zero-order valence-corrected chi connectivity index (χ0v) is 11.7. The first-order valence-corrected chi connectivity index (χ1v) is 6.43. The molecule has 4 heteroatoms. The van der Waals surface area contributed by atoms with E-state index in [2.05, 4.69) is 41.2 Å². The average molecular weight is 297 g/mol. The van der Waals surface area contributed by atoms with E-state index in [1.54, 1.807) is 12.1 Å². The second-order valence-corrected chi connectivity index (χ2v) is 5.42. The number of halogens is 1. The zero-order chi connectivity index (χ0) is 12.8. The maximum absolute atomic E-state index is 9.74. The number of nitrogens with one attached hydrogen (secondary N) is 1. The van der Waals surface area contributed by atoms with Gasteiger partial charge in [-0.3, -0.25) is 0 Å². The molecule has 0 saturated carbocycles. The summed E-state index contributed by atoms with van der Waals surface area (Å²) in [4.78, 5) is 0. The van der Waals surface area contributed by atoms with Crippen molar-refractivity contribution in [3.8, 4) is 6.07 Å². The Kier molecular flexibility index (Phi) is 5.46. The minimum Gasteiger partial charge on any atom is -0.391 e. The summed E-state index contributed by atoms with van der Waals surface area (Å²) >= 11 is 3.35. The number of aliphatic hydroxyl groups excluding tert-OH is 1. The van der Waals surface area contributed by atoms with Gasteiger partial charge in [-0.25, -0.2) is 0 Å². The van der Waals surface area contributed by atoms with Crippen LogP contribution in [0.25, 0.3) is 0 Å². The standard InChI is InChI=1S/C13H17BrN2O/c1-9(2)3-13(17)8-16-12-5-10(7-15)4-11(14)6-12/h4-6,9,13,16-17H,3,8H2,1-2H3. The Morgan fingerprint density at radius 2 is 2.12 bits per heavy atom. The fourth-order valence-corrected chi connectivity index (χ4v) is 2.11. The van der Waals surface area contributed by atoms with Crippen molar-refractivity contribution in [3.05, 3.63) is 28.2 Å². The molecule has 3 nitrogen and oxygen atoms in total. The first-order chi connectivity index (χ1) is 8.01. The monoisotopic (exact) mass is 296 g/mol. The molecule has 1 aromatic rings. The van der Waals surface area contributed by atoms with E-state index in [9.17, 15) is 5.11 Å². The Morgan fingerprint density at radius 1 is 1.41 bits per heavy atom. The molecule has 0 radical (unpaired) electrons. The molecule has 17 heavy (non-hydrogen) atoms. The van der Waals surface area contributed by atoms with Crippen molar-refractivity contribution in [1.82, 2.24) is 0 Å². The van der Waals surface area contributed by atoms with E-state index in [0.717, 1.165) is 16.6 Å². The second kappa shape index (κ2) is 6.63. The molecule has 0 aliphatic carbocycles. The highest BCUT2D eigenvalue weighted by Gasteiger charge is 2.07. The van der Waals surface area contributed by atoms with Gasteiger partial charge in [-0.15, -0.1) is 0 Å². The maximum Gasteiger partial charge on any atom is 0.0992 e. The maximum atomic E-state index is 9.74. The third kappa shape index (κ3) is 5.20. The Hall–Kier alpha value is -1.05. The van der Waals surface area contributed by atoms with Gasteiger partial charge in [0.2, 0.25) is 0 Å². The molecular formula is C13H17BrN2O. The molecule has 0 amide bonds. The van der Waals surface area contributed by atoms with E-state index < -0.39 is 0 Å². The number of benzene rings is 1. The predicted octanol–water partition coefficient (Wildman–Crippen LogP) is 3.14. The van der Waals surface area contributed by atoms with Gasteiger partial charge in [-0.1, -0.05) is 29.8 Å². The van der Waals surface area contributed by atoms with Crippen LogP contribution < -0.4 is 5.32 Å². The Bertz CT molecular complexity index is 412. The molecule has 0 aliphatic rings. The van der Waals surface area contributed by atoms with E-state index in [1.165, 1.54) is 0 Å². The Morgan fingerprint density at radius 3 is 2.71 bits per heavy atom. The summed E-state index contributed by atoms with van der Waals surface area (Å²) < 4.78 is 0.859. The SMILES string of the molecule is CC(C)CC(O)CNc1cc(Br)cc(C#N)c1. The number of rotatable bonds is 5. The van der Waals surface area contributed by atoms with Gasteiger partial charge in [-0.05, 0) is 30.5 Å². The topological polar surface area (TPSA) is 56.0 Å². The van der Waals surface area contributed by atoms with Gasteiger partial charge in [0.1, 0.15) is 0 Å². The van der Waals surface area contributed by atoms with Crippen molar-refractivity contribution < 1.29 is 5.11 Å². The van der Waals surface area contributed by atoms with Crippen molar-refractivity contribution in [2.24, 2.45) is 5.92 Å². The summed E-state index contributed by atoms with van der Waals surface area (Å²) in [7, 11) is 0. The van der Waals surface area contributed by atoms with Crippen LogP contribution in [0, 0.1) is 17.2 Å². The largest absolute Gasteiger partial charge is 0.391 e. The lowest BCUT2D eigenvalue weighted by Crippen LogP contribution is -2.21. The highest BCUT2D eigenvalue weighted by atomic mass is 79.9. The lowest BCUT2D eigenvalue weighted by atomic mass is 10.1. The molecular weight excluding hydrogens is 280 g/mol.